The largest absolute Gasteiger partial charge is 0.357 e. The fraction of sp³-hybridized carbons (Fsp3) is 0.368. The predicted octanol–water partition coefficient (Wildman–Crippen LogP) is 4.12. The first-order chi connectivity index (χ1) is 11.8. The fourth-order valence-corrected chi connectivity index (χ4v) is 3.02. The topological polar surface area (TPSA) is 49.3 Å². The number of pyridine rings is 1. The van der Waals surface area contributed by atoms with E-state index in [1.54, 1.807) is 0 Å². The third-order valence-electron chi connectivity index (χ3n) is 4.12. The molecule has 1 saturated carbocycles. The van der Waals surface area contributed by atoms with Crippen molar-refractivity contribution in [1.82, 2.24) is 15.6 Å². The van der Waals surface area contributed by atoms with Gasteiger partial charge in [-0.2, -0.15) is 0 Å². The van der Waals surface area contributed by atoms with Crippen molar-refractivity contribution in [2.24, 2.45) is 4.99 Å². The molecule has 0 bridgehead atoms. The second-order valence-corrected chi connectivity index (χ2v) is 6.89. The van der Waals surface area contributed by atoms with Gasteiger partial charge in [-0.15, -0.1) is 24.0 Å². The van der Waals surface area contributed by atoms with Gasteiger partial charge in [0.25, 0.3) is 0 Å². The lowest BCUT2D eigenvalue weighted by Crippen LogP contribution is -2.39. The number of nitrogens with one attached hydrogen (secondary N) is 2. The molecule has 25 heavy (non-hydrogen) atoms. The number of rotatable bonds is 6. The van der Waals surface area contributed by atoms with E-state index in [0.717, 1.165) is 42.1 Å². The number of nitrogens with zero attached hydrogens (tertiary/aromatic N) is 2. The highest BCUT2D eigenvalue weighted by atomic mass is 127. The van der Waals surface area contributed by atoms with Gasteiger partial charge in [0.15, 0.2) is 5.96 Å². The van der Waals surface area contributed by atoms with Crippen molar-refractivity contribution in [2.75, 3.05) is 13.1 Å². The Bertz CT molecular complexity index is 676. The third kappa shape index (κ3) is 6.26. The maximum atomic E-state index is 4.68. The van der Waals surface area contributed by atoms with Crippen molar-refractivity contribution in [1.29, 1.82) is 0 Å². The van der Waals surface area contributed by atoms with Gasteiger partial charge in [-0.3, -0.25) is 9.98 Å². The van der Waals surface area contributed by atoms with Crippen molar-refractivity contribution in [2.45, 2.75) is 31.7 Å². The number of hydrogen-bond acceptors (Lipinski definition) is 2. The Kier molecular flexibility index (Phi) is 8.15. The molecule has 2 atom stereocenters. The molecule has 1 aliphatic carbocycles. The van der Waals surface area contributed by atoms with E-state index in [2.05, 4.69) is 67.7 Å². The molecule has 2 unspecified atom stereocenters. The Labute approximate surface area is 175 Å². The van der Waals surface area contributed by atoms with Crippen LogP contribution in [0.3, 0.4) is 0 Å². The average molecular weight is 515 g/mol. The van der Waals surface area contributed by atoms with Crippen molar-refractivity contribution >= 4 is 45.9 Å². The Morgan fingerprint density at radius 3 is 2.72 bits per heavy atom. The number of aliphatic imine (C=N–C) groups is 1. The maximum absolute atomic E-state index is 4.68. The summed E-state index contributed by atoms with van der Waals surface area (Å²) in [7, 11) is 0. The standard InChI is InChI=1S/C19H23BrN4.HI/c1-2-21-19(23-12-10-16-5-3-4-11-22-16)24-18-13-17(18)14-6-8-15(20)9-7-14;/h3-9,11,17-18H,2,10,12-13H2,1H3,(H2,21,23,24);1H. The molecule has 1 fully saturated rings. The highest BCUT2D eigenvalue weighted by Gasteiger charge is 2.38. The van der Waals surface area contributed by atoms with Gasteiger partial charge in [0.1, 0.15) is 0 Å². The highest BCUT2D eigenvalue weighted by Crippen LogP contribution is 2.40. The van der Waals surface area contributed by atoms with E-state index in [0.29, 0.717) is 12.0 Å². The van der Waals surface area contributed by atoms with Crippen molar-refractivity contribution < 1.29 is 0 Å². The van der Waals surface area contributed by atoms with Crippen molar-refractivity contribution in [3.8, 4) is 0 Å². The van der Waals surface area contributed by atoms with E-state index in [1.807, 2.05) is 24.4 Å². The lowest BCUT2D eigenvalue weighted by Gasteiger charge is -2.11. The van der Waals surface area contributed by atoms with Gasteiger partial charge in [0, 0.05) is 47.8 Å². The highest BCUT2D eigenvalue weighted by molar-refractivity contribution is 14.0. The molecular formula is C19H24BrIN4. The van der Waals surface area contributed by atoms with E-state index >= 15 is 0 Å². The SMILES string of the molecule is CCNC(=NCCc1ccccn1)NC1CC1c1ccc(Br)cc1.I. The van der Waals surface area contributed by atoms with Gasteiger partial charge in [-0.05, 0) is 43.2 Å². The normalized spacial score (nSPS) is 19.0. The second-order valence-electron chi connectivity index (χ2n) is 5.98. The molecule has 1 aromatic heterocycles. The summed E-state index contributed by atoms with van der Waals surface area (Å²) in [4.78, 5) is 9.02. The molecule has 0 saturated heterocycles. The molecule has 2 aromatic rings. The van der Waals surface area contributed by atoms with Crippen LogP contribution in [-0.2, 0) is 6.42 Å². The van der Waals surface area contributed by atoms with Gasteiger partial charge >= 0.3 is 0 Å². The molecule has 6 heteroatoms. The number of aromatic nitrogens is 1. The number of halogens is 2. The first-order valence-corrected chi connectivity index (χ1v) is 9.26. The van der Waals surface area contributed by atoms with Crippen LogP contribution in [0.25, 0.3) is 0 Å². The van der Waals surface area contributed by atoms with E-state index in [1.165, 1.54) is 5.56 Å². The average Bonchev–Trinajstić information content (AvgIpc) is 3.36. The Hall–Kier alpha value is -1.15. The first-order valence-electron chi connectivity index (χ1n) is 8.46. The molecule has 2 N–H and O–H groups in total. The molecule has 1 aromatic carbocycles. The molecule has 0 aliphatic heterocycles. The fourth-order valence-electron chi connectivity index (χ4n) is 2.76. The minimum atomic E-state index is 0. The van der Waals surface area contributed by atoms with Crippen LogP contribution in [0, 0.1) is 0 Å². The van der Waals surface area contributed by atoms with Crippen molar-refractivity contribution in [3.05, 3.63) is 64.4 Å². The van der Waals surface area contributed by atoms with E-state index in [4.69, 9.17) is 0 Å². The lowest BCUT2D eigenvalue weighted by atomic mass is 10.1. The van der Waals surface area contributed by atoms with Crippen LogP contribution >= 0.6 is 39.9 Å². The zero-order valence-electron chi connectivity index (χ0n) is 14.3. The monoisotopic (exact) mass is 514 g/mol. The first kappa shape index (κ1) is 20.2. The van der Waals surface area contributed by atoms with Gasteiger partial charge < -0.3 is 10.6 Å². The van der Waals surface area contributed by atoms with Crippen LogP contribution in [0.1, 0.15) is 30.5 Å². The van der Waals surface area contributed by atoms with Gasteiger partial charge in [0.05, 0.1) is 0 Å². The molecule has 0 radical (unpaired) electrons. The van der Waals surface area contributed by atoms with E-state index in [9.17, 15) is 0 Å². The summed E-state index contributed by atoms with van der Waals surface area (Å²) in [6.07, 6.45) is 3.85. The molecule has 0 amide bonds. The van der Waals surface area contributed by atoms with Gasteiger partial charge in [0.2, 0.25) is 0 Å². The lowest BCUT2D eigenvalue weighted by molar-refractivity contribution is 0.789. The van der Waals surface area contributed by atoms with Crippen LogP contribution < -0.4 is 10.6 Å². The Morgan fingerprint density at radius 1 is 1.24 bits per heavy atom. The molecule has 3 rings (SSSR count). The summed E-state index contributed by atoms with van der Waals surface area (Å²) >= 11 is 3.49. The zero-order chi connectivity index (χ0) is 16.8. The minimum absolute atomic E-state index is 0. The Balaban J connectivity index is 0.00000225. The van der Waals surface area contributed by atoms with E-state index in [-0.39, 0.29) is 24.0 Å². The number of guanidine groups is 1. The molecule has 134 valence electrons. The molecule has 4 nitrogen and oxygen atoms in total. The van der Waals surface area contributed by atoms with Gasteiger partial charge in [-0.1, -0.05) is 34.1 Å². The smallest absolute Gasteiger partial charge is 0.191 e. The summed E-state index contributed by atoms with van der Waals surface area (Å²) in [5.74, 6) is 1.48. The van der Waals surface area contributed by atoms with Crippen molar-refractivity contribution in [3.63, 3.8) is 0 Å². The molecule has 1 aliphatic rings. The third-order valence-corrected chi connectivity index (χ3v) is 4.65. The van der Waals surface area contributed by atoms with Gasteiger partial charge in [-0.25, -0.2) is 0 Å². The maximum Gasteiger partial charge on any atom is 0.191 e. The number of benzene rings is 1. The molecule has 1 heterocycles. The van der Waals surface area contributed by atoms with Crippen LogP contribution in [0.5, 0.6) is 0 Å². The van der Waals surface area contributed by atoms with Crippen LogP contribution in [-0.4, -0.2) is 30.1 Å². The van der Waals surface area contributed by atoms with E-state index < -0.39 is 0 Å². The molecule has 0 spiro atoms. The summed E-state index contributed by atoms with van der Waals surface area (Å²) in [6, 6.07) is 15.1. The zero-order valence-corrected chi connectivity index (χ0v) is 18.2. The van der Waals surface area contributed by atoms with Crippen LogP contribution in [0.15, 0.2) is 58.1 Å². The molecular weight excluding hydrogens is 491 g/mol. The summed E-state index contributed by atoms with van der Waals surface area (Å²) in [6.45, 7) is 3.70. The van der Waals surface area contributed by atoms with Crippen LogP contribution in [0.4, 0.5) is 0 Å². The minimum Gasteiger partial charge on any atom is -0.357 e. The quantitative estimate of drug-likeness (QED) is 0.346. The predicted molar refractivity (Wildman–Crippen MR) is 118 cm³/mol. The van der Waals surface area contributed by atoms with Crippen LogP contribution in [0.2, 0.25) is 0 Å². The summed E-state index contributed by atoms with van der Waals surface area (Å²) in [5, 5.41) is 6.88. The summed E-state index contributed by atoms with van der Waals surface area (Å²) in [5.41, 5.74) is 2.47. The summed E-state index contributed by atoms with van der Waals surface area (Å²) < 4.78 is 1.13. The number of hydrogen-bond donors (Lipinski definition) is 2. The Morgan fingerprint density at radius 2 is 2.04 bits per heavy atom. The second kappa shape index (κ2) is 10.1.